The van der Waals surface area contributed by atoms with Gasteiger partial charge in [-0.1, -0.05) is 0 Å². The lowest BCUT2D eigenvalue weighted by Gasteiger charge is -2.39. The van der Waals surface area contributed by atoms with Crippen molar-refractivity contribution in [3.8, 4) is 11.5 Å². The Morgan fingerprint density at radius 3 is 2.50 bits per heavy atom. The Morgan fingerprint density at radius 2 is 1.91 bits per heavy atom. The predicted octanol–water partition coefficient (Wildman–Crippen LogP) is -1.31. The third-order valence-corrected chi connectivity index (χ3v) is 3.42. The van der Waals surface area contributed by atoms with E-state index < -0.39 is 37.3 Å². The van der Waals surface area contributed by atoms with Crippen LogP contribution in [0.3, 0.4) is 0 Å². The van der Waals surface area contributed by atoms with Crippen molar-refractivity contribution < 1.29 is 39.4 Å². The molecule has 1 aliphatic rings. The maximum Gasteiger partial charge on any atom is 0.229 e. The van der Waals surface area contributed by atoms with Crippen LogP contribution < -0.4 is 9.47 Å². The second kappa shape index (κ2) is 7.03. The fourth-order valence-corrected chi connectivity index (χ4v) is 2.14. The first-order valence-corrected chi connectivity index (χ1v) is 6.62. The van der Waals surface area contributed by atoms with Crippen LogP contribution in [0.4, 0.5) is 0 Å². The van der Waals surface area contributed by atoms with Gasteiger partial charge in [0, 0.05) is 5.56 Å². The summed E-state index contributed by atoms with van der Waals surface area (Å²) in [6.45, 7) is -0.550. The van der Waals surface area contributed by atoms with E-state index in [0.29, 0.717) is 11.8 Å². The third kappa shape index (κ3) is 3.21. The number of benzene rings is 1. The number of aliphatic hydroxyl groups excluding tert-OH is 4. The maximum absolute atomic E-state index is 10.7. The molecule has 1 aromatic rings. The molecule has 0 amide bonds. The summed E-state index contributed by atoms with van der Waals surface area (Å²) in [6.07, 6.45) is -6.25. The van der Waals surface area contributed by atoms with E-state index in [-0.39, 0.29) is 11.5 Å². The molecular weight excluding hydrogens is 296 g/mol. The number of aldehydes is 1. The highest BCUT2D eigenvalue weighted by molar-refractivity contribution is 5.76. The zero-order valence-corrected chi connectivity index (χ0v) is 11.8. The number of methoxy groups -OCH3 is 1. The summed E-state index contributed by atoms with van der Waals surface area (Å²) >= 11 is 0. The molecule has 0 bridgehead atoms. The summed E-state index contributed by atoms with van der Waals surface area (Å²) in [7, 11) is 1.38. The fraction of sp³-hybridized carbons (Fsp3) is 0.500. The van der Waals surface area contributed by atoms with Gasteiger partial charge in [-0.2, -0.15) is 0 Å². The molecule has 5 atom stereocenters. The molecule has 0 aromatic heterocycles. The van der Waals surface area contributed by atoms with Gasteiger partial charge in [0.25, 0.3) is 0 Å². The summed E-state index contributed by atoms with van der Waals surface area (Å²) in [5.41, 5.74) is 0.373. The van der Waals surface area contributed by atoms with Gasteiger partial charge in [-0.3, -0.25) is 4.79 Å². The summed E-state index contributed by atoms with van der Waals surface area (Å²) in [5.74, 6) is 0.416. The van der Waals surface area contributed by atoms with Crippen LogP contribution in [0, 0.1) is 0 Å². The molecule has 0 radical (unpaired) electrons. The topological polar surface area (TPSA) is 126 Å². The van der Waals surface area contributed by atoms with Gasteiger partial charge in [-0.05, 0) is 18.2 Å². The molecule has 1 saturated heterocycles. The van der Waals surface area contributed by atoms with E-state index in [2.05, 4.69) is 0 Å². The molecule has 1 heterocycles. The first kappa shape index (κ1) is 16.7. The van der Waals surface area contributed by atoms with Crippen molar-refractivity contribution in [2.75, 3.05) is 13.7 Å². The van der Waals surface area contributed by atoms with Crippen molar-refractivity contribution in [2.45, 2.75) is 30.7 Å². The van der Waals surface area contributed by atoms with Gasteiger partial charge in [0.1, 0.15) is 30.7 Å². The van der Waals surface area contributed by atoms with Crippen molar-refractivity contribution in [1.82, 2.24) is 0 Å². The van der Waals surface area contributed by atoms with Gasteiger partial charge >= 0.3 is 0 Å². The average molecular weight is 314 g/mol. The van der Waals surface area contributed by atoms with Crippen LogP contribution in [-0.2, 0) is 4.74 Å². The molecule has 122 valence electrons. The van der Waals surface area contributed by atoms with Crippen molar-refractivity contribution in [3.63, 3.8) is 0 Å². The normalized spacial score (nSPS) is 31.6. The minimum Gasteiger partial charge on any atom is -0.493 e. The zero-order valence-electron chi connectivity index (χ0n) is 11.8. The van der Waals surface area contributed by atoms with E-state index in [1.165, 1.54) is 25.3 Å². The SMILES string of the molecule is COc1cc(C=O)ccc1O[C@H]1O[C@@H](CO)[C@@H](O)[C@@H](O)[C@@H]1O. The molecule has 0 saturated carbocycles. The molecule has 1 aliphatic heterocycles. The minimum absolute atomic E-state index is 0.178. The number of ether oxygens (including phenoxy) is 3. The number of hydrogen-bond donors (Lipinski definition) is 4. The lowest BCUT2D eigenvalue weighted by atomic mass is 9.99. The molecule has 0 spiro atoms. The first-order chi connectivity index (χ1) is 10.5. The average Bonchev–Trinajstić information content (AvgIpc) is 2.55. The first-order valence-electron chi connectivity index (χ1n) is 6.62. The Bertz CT molecular complexity index is 518. The second-order valence-corrected chi connectivity index (χ2v) is 4.84. The van der Waals surface area contributed by atoms with Crippen molar-refractivity contribution in [3.05, 3.63) is 23.8 Å². The number of carbonyl (C=O) groups excluding carboxylic acids is 1. The highest BCUT2D eigenvalue weighted by Crippen LogP contribution is 2.31. The fourth-order valence-electron chi connectivity index (χ4n) is 2.14. The summed E-state index contributed by atoms with van der Waals surface area (Å²) in [4.78, 5) is 10.7. The number of rotatable bonds is 5. The predicted molar refractivity (Wildman–Crippen MR) is 72.8 cm³/mol. The lowest BCUT2D eigenvalue weighted by molar-refractivity contribution is -0.277. The Labute approximate surface area is 126 Å². The molecule has 1 aromatic carbocycles. The van der Waals surface area contributed by atoms with Crippen LogP contribution in [0.15, 0.2) is 18.2 Å². The van der Waals surface area contributed by atoms with Gasteiger partial charge in [-0.25, -0.2) is 0 Å². The molecule has 22 heavy (non-hydrogen) atoms. The Kier molecular flexibility index (Phi) is 5.33. The quantitative estimate of drug-likeness (QED) is 0.493. The highest BCUT2D eigenvalue weighted by Gasteiger charge is 2.44. The van der Waals surface area contributed by atoms with Crippen LogP contribution >= 0.6 is 0 Å². The summed E-state index contributed by atoms with van der Waals surface area (Å²) in [5, 5.41) is 38.4. The van der Waals surface area contributed by atoms with Crippen LogP contribution in [0.25, 0.3) is 0 Å². The number of carbonyl (C=O) groups is 1. The van der Waals surface area contributed by atoms with E-state index in [1.54, 1.807) is 0 Å². The molecule has 8 nitrogen and oxygen atoms in total. The van der Waals surface area contributed by atoms with Gasteiger partial charge in [0.15, 0.2) is 11.5 Å². The maximum atomic E-state index is 10.7. The number of aliphatic hydroxyl groups is 4. The monoisotopic (exact) mass is 314 g/mol. The molecular formula is C14H18O8. The zero-order chi connectivity index (χ0) is 16.3. The van der Waals surface area contributed by atoms with Crippen molar-refractivity contribution >= 4 is 6.29 Å². The molecule has 0 unspecified atom stereocenters. The largest absolute Gasteiger partial charge is 0.493 e. The Hall–Kier alpha value is -1.71. The van der Waals surface area contributed by atoms with Gasteiger partial charge in [0.05, 0.1) is 13.7 Å². The number of hydrogen-bond acceptors (Lipinski definition) is 8. The summed E-state index contributed by atoms with van der Waals surface area (Å²) in [6, 6.07) is 4.37. The van der Waals surface area contributed by atoms with Gasteiger partial charge in [-0.15, -0.1) is 0 Å². The van der Waals surface area contributed by atoms with Crippen LogP contribution in [0.5, 0.6) is 11.5 Å². The minimum atomic E-state index is -1.53. The van der Waals surface area contributed by atoms with Crippen LogP contribution in [0.1, 0.15) is 10.4 Å². The molecule has 1 fully saturated rings. The van der Waals surface area contributed by atoms with Crippen LogP contribution in [0.2, 0.25) is 0 Å². The Balaban J connectivity index is 2.20. The second-order valence-electron chi connectivity index (χ2n) is 4.84. The highest BCUT2D eigenvalue weighted by atomic mass is 16.7. The molecule has 8 heteroatoms. The van der Waals surface area contributed by atoms with E-state index in [9.17, 15) is 20.1 Å². The van der Waals surface area contributed by atoms with Crippen molar-refractivity contribution in [1.29, 1.82) is 0 Å². The van der Waals surface area contributed by atoms with Crippen molar-refractivity contribution in [2.24, 2.45) is 0 Å². The van der Waals surface area contributed by atoms with Gasteiger partial charge in [0.2, 0.25) is 6.29 Å². The molecule has 4 N–H and O–H groups in total. The lowest BCUT2D eigenvalue weighted by Crippen LogP contribution is -2.60. The Morgan fingerprint density at radius 1 is 1.18 bits per heavy atom. The van der Waals surface area contributed by atoms with E-state index in [1.807, 2.05) is 0 Å². The molecule has 0 aliphatic carbocycles. The van der Waals surface area contributed by atoms with E-state index >= 15 is 0 Å². The summed E-state index contributed by atoms with van der Waals surface area (Å²) < 4.78 is 15.8. The smallest absolute Gasteiger partial charge is 0.229 e. The standard InChI is InChI=1S/C14H18O8/c1-20-9-4-7(5-15)2-3-8(9)21-14-13(19)12(18)11(17)10(6-16)22-14/h2-5,10-14,16-19H,6H2,1H3/t10-,11+,12+,13-,14-/m0/s1. The van der Waals surface area contributed by atoms with Crippen LogP contribution in [-0.4, -0.2) is 71.1 Å². The van der Waals surface area contributed by atoms with E-state index in [0.717, 1.165) is 0 Å². The van der Waals surface area contributed by atoms with E-state index in [4.69, 9.17) is 19.3 Å². The molecule has 2 rings (SSSR count). The van der Waals surface area contributed by atoms with Gasteiger partial charge < -0.3 is 34.6 Å². The third-order valence-electron chi connectivity index (χ3n) is 3.42.